The minimum absolute atomic E-state index is 0.493. The van der Waals surface area contributed by atoms with E-state index in [4.69, 9.17) is 0 Å². The van der Waals surface area contributed by atoms with Crippen molar-refractivity contribution in [2.75, 3.05) is 31.1 Å². The summed E-state index contributed by atoms with van der Waals surface area (Å²) in [5.74, 6) is 0. The number of anilines is 1. The van der Waals surface area contributed by atoms with Crippen LogP contribution in [0.2, 0.25) is 0 Å². The van der Waals surface area contributed by atoms with Crippen molar-refractivity contribution in [1.82, 2.24) is 9.29 Å². The molecule has 0 radical (unpaired) electrons. The van der Waals surface area contributed by atoms with Gasteiger partial charge in [-0.1, -0.05) is 0 Å². The summed E-state index contributed by atoms with van der Waals surface area (Å²) in [6, 6.07) is 0. The fraction of sp³-hybridized carbons (Fsp3) is 0.500. The molecule has 1 aliphatic rings. The maximum atomic E-state index is 13.3. The first kappa shape index (κ1) is 18.4. The SMILES string of the molecule is Cc1c(C)c(C)c(S(=O)(=O)N2CCN(c3nccs3)CC2)c(C)c1C. The molecule has 3 rings (SSSR count). The van der Waals surface area contributed by atoms with E-state index in [2.05, 4.69) is 16.8 Å². The van der Waals surface area contributed by atoms with Crippen molar-refractivity contribution in [1.29, 1.82) is 0 Å². The van der Waals surface area contributed by atoms with Gasteiger partial charge in [0.15, 0.2) is 5.13 Å². The molecule has 0 aliphatic carbocycles. The molecule has 5 nitrogen and oxygen atoms in total. The highest BCUT2D eigenvalue weighted by atomic mass is 32.2. The zero-order chi connectivity index (χ0) is 18.4. The summed E-state index contributed by atoms with van der Waals surface area (Å²) in [5, 5.41) is 2.91. The van der Waals surface area contributed by atoms with Gasteiger partial charge in [-0.3, -0.25) is 0 Å². The normalized spacial score (nSPS) is 16.4. The monoisotopic (exact) mass is 379 g/mol. The third-order valence-electron chi connectivity index (χ3n) is 5.46. The molecular weight excluding hydrogens is 354 g/mol. The first-order valence-corrected chi connectivity index (χ1v) is 10.8. The van der Waals surface area contributed by atoms with Crippen LogP contribution in [0.25, 0.3) is 0 Å². The van der Waals surface area contributed by atoms with Gasteiger partial charge in [0.1, 0.15) is 0 Å². The van der Waals surface area contributed by atoms with Crippen LogP contribution >= 0.6 is 11.3 Å². The van der Waals surface area contributed by atoms with Crippen LogP contribution in [0.15, 0.2) is 16.5 Å². The third-order valence-corrected chi connectivity index (χ3v) is 8.46. The molecule has 0 N–H and O–H groups in total. The van der Waals surface area contributed by atoms with Gasteiger partial charge in [-0.05, 0) is 62.4 Å². The average molecular weight is 380 g/mol. The molecule has 1 aromatic heterocycles. The molecule has 1 aromatic carbocycles. The van der Waals surface area contributed by atoms with Gasteiger partial charge in [0, 0.05) is 37.8 Å². The molecular formula is C18H25N3O2S2. The Morgan fingerprint density at radius 1 is 0.880 bits per heavy atom. The van der Waals surface area contributed by atoms with E-state index in [1.54, 1.807) is 21.8 Å². The van der Waals surface area contributed by atoms with Crippen LogP contribution in [0.5, 0.6) is 0 Å². The Labute approximate surface area is 154 Å². The highest BCUT2D eigenvalue weighted by Crippen LogP contribution is 2.32. The number of aromatic nitrogens is 1. The molecule has 0 bridgehead atoms. The van der Waals surface area contributed by atoms with Crippen molar-refractivity contribution >= 4 is 26.5 Å². The summed E-state index contributed by atoms with van der Waals surface area (Å²) >= 11 is 1.59. The van der Waals surface area contributed by atoms with Crippen molar-refractivity contribution in [2.24, 2.45) is 0 Å². The first-order chi connectivity index (χ1) is 11.7. The van der Waals surface area contributed by atoms with Gasteiger partial charge >= 0.3 is 0 Å². The molecule has 136 valence electrons. The van der Waals surface area contributed by atoms with Crippen LogP contribution in [0, 0.1) is 34.6 Å². The van der Waals surface area contributed by atoms with Gasteiger partial charge < -0.3 is 4.90 Å². The lowest BCUT2D eigenvalue weighted by atomic mass is 9.95. The molecule has 0 unspecified atom stereocenters. The van der Waals surface area contributed by atoms with Gasteiger partial charge in [-0.15, -0.1) is 11.3 Å². The molecule has 2 aromatic rings. The lowest BCUT2D eigenvalue weighted by molar-refractivity contribution is 0.384. The largest absolute Gasteiger partial charge is 0.345 e. The maximum Gasteiger partial charge on any atom is 0.243 e. The molecule has 7 heteroatoms. The third kappa shape index (κ3) is 3.09. The fourth-order valence-corrected chi connectivity index (χ4v) is 6.15. The Morgan fingerprint density at radius 3 is 1.88 bits per heavy atom. The molecule has 1 aliphatic heterocycles. The number of sulfonamides is 1. The minimum Gasteiger partial charge on any atom is -0.345 e. The van der Waals surface area contributed by atoms with Crippen LogP contribution in [0.3, 0.4) is 0 Å². The second kappa shape index (κ2) is 6.70. The van der Waals surface area contributed by atoms with Crippen molar-refractivity contribution in [3.63, 3.8) is 0 Å². The Kier molecular flexibility index (Phi) is 4.92. The summed E-state index contributed by atoms with van der Waals surface area (Å²) in [4.78, 5) is 6.97. The van der Waals surface area contributed by atoms with Crippen molar-refractivity contribution in [3.8, 4) is 0 Å². The number of piperazine rings is 1. The van der Waals surface area contributed by atoms with E-state index < -0.39 is 10.0 Å². The van der Waals surface area contributed by atoms with Crippen LogP contribution < -0.4 is 4.90 Å². The molecule has 25 heavy (non-hydrogen) atoms. The summed E-state index contributed by atoms with van der Waals surface area (Å²) < 4.78 is 28.3. The van der Waals surface area contributed by atoms with Gasteiger partial charge in [0.05, 0.1) is 4.90 Å². The molecule has 2 heterocycles. The highest BCUT2D eigenvalue weighted by Gasteiger charge is 2.32. The zero-order valence-electron chi connectivity index (χ0n) is 15.5. The van der Waals surface area contributed by atoms with E-state index in [9.17, 15) is 8.42 Å². The second-order valence-corrected chi connectivity index (χ2v) is 9.41. The van der Waals surface area contributed by atoms with Crippen molar-refractivity contribution < 1.29 is 8.42 Å². The summed E-state index contributed by atoms with van der Waals surface area (Å²) in [5.41, 5.74) is 5.08. The van der Waals surface area contributed by atoms with Crippen LogP contribution in [0.1, 0.15) is 27.8 Å². The minimum atomic E-state index is -3.49. The Bertz CT molecular complexity index is 853. The van der Waals surface area contributed by atoms with E-state index in [-0.39, 0.29) is 0 Å². The molecule has 1 fully saturated rings. The number of hydrogen-bond donors (Lipinski definition) is 0. The van der Waals surface area contributed by atoms with Crippen molar-refractivity contribution in [3.05, 3.63) is 39.4 Å². The number of hydrogen-bond acceptors (Lipinski definition) is 5. The summed E-state index contributed by atoms with van der Waals surface area (Å²) in [6.45, 7) is 12.3. The predicted octanol–water partition coefficient (Wildman–Crippen LogP) is 3.20. The van der Waals surface area contributed by atoms with Gasteiger partial charge in [0.25, 0.3) is 0 Å². The lowest BCUT2D eigenvalue weighted by Gasteiger charge is -2.34. The van der Waals surface area contributed by atoms with Crippen molar-refractivity contribution in [2.45, 2.75) is 39.5 Å². The van der Waals surface area contributed by atoms with Crippen LogP contribution in [0.4, 0.5) is 5.13 Å². The molecule has 0 atom stereocenters. The second-order valence-electron chi connectivity index (χ2n) is 6.66. The Morgan fingerprint density at radius 2 is 1.40 bits per heavy atom. The number of nitrogens with zero attached hydrogens (tertiary/aromatic N) is 3. The lowest BCUT2D eigenvalue weighted by Crippen LogP contribution is -2.49. The molecule has 0 amide bonds. The van der Waals surface area contributed by atoms with E-state index in [1.165, 1.54) is 5.56 Å². The molecule has 0 saturated carbocycles. The molecule has 0 spiro atoms. The van der Waals surface area contributed by atoms with Gasteiger partial charge in [-0.2, -0.15) is 4.31 Å². The quantitative estimate of drug-likeness (QED) is 0.822. The van der Waals surface area contributed by atoms with E-state index in [0.29, 0.717) is 31.1 Å². The first-order valence-electron chi connectivity index (χ1n) is 8.46. The smallest absolute Gasteiger partial charge is 0.243 e. The standard InChI is InChI=1S/C18H25N3O2S2/c1-12-13(2)15(4)17(16(5)14(12)3)25(22,23)21-9-7-20(8-10-21)18-19-6-11-24-18/h6,11H,7-10H2,1-5H3. The zero-order valence-corrected chi connectivity index (χ0v) is 17.1. The summed E-state index contributed by atoms with van der Waals surface area (Å²) in [6.07, 6.45) is 1.79. The fourth-order valence-electron chi connectivity index (χ4n) is 3.47. The van der Waals surface area contributed by atoms with Crippen LogP contribution in [-0.4, -0.2) is 43.9 Å². The number of benzene rings is 1. The van der Waals surface area contributed by atoms with E-state index in [1.807, 2.05) is 33.1 Å². The summed E-state index contributed by atoms with van der Waals surface area (Å²) in [7, 11) is -3.49. The average Bonchev–Trinajstić information content (AvgIpc) is 3.13. The number of rotatable bonds is 3. The predicted molar refractivity (Wildman–Crippen MR) is 103 cm³/mol. The van der Waals surface area contributed by atoms with Gasteiger partial charge in [0.2, 0.25) is 10.0 Å². The highest BCUT2D eigenvalue weighted by molar-refractivity contribution is 7.89. The Balaban J connectivity index is 1.91. The van der Waals surface area contributed by atoms with E-state index >= 15 is 0 Å². The Hall–Kier alpha value is -1.44. The molecule has 1 saturated heterocycles. The number of thiazole rings is 1. The van der Waals surface area contributed by atoms with Gasteiger partial charge in [-0.25, -0.2) is 13.4 Å². The van der Waals surface area contributed by atoms with E-state index in [0.717, 1.165) is 27.4 Å². The topological polar surface area (TPSA) is 53.5 Å². The van der Waals surface area contributed by atoms with Crippen LogP contribution in [-0.2, 0) is 10.0 Å². The maximum absolute atomic E-state index is 13.3.